The summed E-state index contributed by atoms with van der Waals surface area (Å²) in [5, 5.41) is 23.1. The monoisotopic (exact) mass is 854 g/mol. The number of rotatable bonds is 50. The van der Waals surface area contributed by atoms with Gasteiger partial charge in [-0.3, -0.25) is 4.79 Å². The van der Waals surface area contributed by atoms with Gasteiger partial charge in [-0.2, -0.15) is 0 Å². The minimum Gasteiger partial charge on any atom is -0.394 e. The molecule has 4 nitrogen and oxygen atoms in total. The molecule has 0 aromatic carbocycles. The van der Waals surface area contributed by atoms with Crippen LogP contribution in [0.15, 0.2) is 48.6 Å². The smallest absolute Gasteiger partial charge is 0.220 e. The molecule has 1 amide bonds. The molecular weight excluding hydrogens is 747 g/mol. The molecule has 2 atom stereocenters. The summed E-state index contributed by atoms with van der Waals surface area (Å²) in [6.07, 6.45) is 72.7. The van der Waals surface area contributed by atoms with E-state index in [-0.39, 0.29) is 12.5 Å². The molecule has 3 N–H and O–H groups in total. The molecule has 0 aliphatic carbocycles. The number of carbonyl (C=O) groups excluding carboxylic acids is 1. The van der Waals surface area contributed by atoms with Crippen LogP contribution in [0.25, 0.3) is 0 Å². The Hall–Kier alpha value is -1.65. The molecule has 4 heteroatoms. The lowest BCUT2D eigenvalue weighted by Gasteiger charge is -2.19. The molecule has 0 heterocycles. The molecule has 0 radical (unpaired) electrons. The molecule has 61 heavy (non-hydrogen) atoms. The second-order valence-corrected chi connectivity index (χ2v) is 18.6. The van der Waals surface area contributed by atoms with Crippen molar-refractivity contribution in [2.45, 2.75) is 302 Å². The minimum atomic E-state index is -0.863. The van der Waals surface area contributed by atoms with E-state index in [0.717, 1.165) is 38.5 Å². The summed E-state index contributed by atoms with van der Waals surface area (Å²) < 4.78 is 0. The van der Waals surface area contributed by atoms with Crippen molar-refractivity contribution in [3.63, 3.8) is 0 Å². The third kappa shape index (κ3) is 49.2. The van der Waals surface area contributed by atoms with Gasteiger partial charge in [0, 0.05) is 6.42 Å². The van der Waals surface area contributed by atoms with Gasteiger partial charge in [0.1, 0.15) is 0 Å². The van der Waals surface area contributed by atoms with Gasteiger partial charge in [-0.25, -0.2) is 0 Å². The van der Waals surface area contributed by atoms with Gasteiger partial charge in [-0.15, -0.1) is 0 Å². The van der Waals surface area contributed by atoms with Crippen molar-refractivity contribution in [2.24, 2.45) is 0 Å². The zero-order valence-electron chi connectivity index (χ0n) is 41.2. The maximum absolute atomic E-state index is 12.5. The molecular formula is C57H107NO3. The molecule has 0 bridgehead atoms. The molecule has 0 rings (SSSR count). The Balaban J connectivity index is 3.53. The summed E-state index contributed by atoms with van der Waals surface area (Å²) >= 11 is 0. The lowest BCUT2D eigenvalue weighted by molar-refractivity contribution is -0.123. The van der Waals surface area contributed by atoms with E-state index in [1.54, 1.807) is 6.08 Å². The molecule has 0 fully saturated rings. The Morgan fingerprint density at radius 2 is 0.689 bits per heavy atom. The van der Waals surface area contributed by atoms with Crippen molar-refractivity contribution in [3.8, 4) is 0 Å². The number of amides is 1. The summed E-state index contributed by atoms with van der Waals surface area (Å²) in [7, 11) is 0. The number of nitrogens with one attached hydrogen (secondary N) is 1. The van der Waals surface area contributed by atoms with E-state index in [1.807, 2.05) is 6.08 Å². The Morgan fingerprint density at radius 1 is 0.393 bits per heavy atom. The first-order chi connectivity index (χ1) is 30.2. The normalized spacial score (nSPS) is 13.2. The predicted octanol–water partition coefficient (Wildman–Crippen LogP) is 17.9. The summed E-state index contributed by atoms with van der Waals surface area (Å²) in [4.78, 5) is 12.5. The van der Waals surface area contributed by atoms with E-state index in [0.29, 0.717) is 6.42 Å². The Bertz CT molecular complexity index is 970. The van der Waals surface area contributed by atoms with Crippen molar-refractivity contribution >= 4 is 5.91 Å². The van der Waals surface area contributed by atoms with Gasteiger partial charge in [0.05, 0.1) is 18.8 Å². The van der Waals surface area contributed by atoms with E-state index in [4.69, 9.17) is 0 Å². The average molecular weight is 854 g/mol. The van der Waals surface area contributed by atoms with Crippen LogP contribution in [0.1, 0.15) is 290 Å². The van der Waals surface area contributed by atoms with E-state index < -0.39 is 12.1 Å². The van der Waals surface area contributed by atoms with Crippen LogP contribution in [0.5, 0.6) is 0 Å². The van der Waals surface area contributed by atoms with Gasteiger partial charge in [0.2, 0.25) is 5.91 Å². The van der Waals surface area contributed by atoms with Crippen LogP contribution in [0.4, 0.5) is 0 Å². The first-order valence-electron chi connectivity index (χ1n) is 27.4. The second-order valence-electron chi connectivity index (χ2n) is 18.6. The SMILES string of the molecule is CCCCCCCCCCC/C=C\C/C=C\CCCCCCCCCCCCCCCC(=O)NC(CO)C(O)/C=C/CC/C=C/CCCCCCCCCCCCCCCC. The van der Waals surface area contributed by atoms with Gasteiger partial charge in [0.15, 0.2) is 0 Å². The zero-order valence-corrected chi connectivity index (χ0v) is 41.2. The van der Waals surface area contributed by atoms with E-state index in [1.165, 1.54) is 231 Å². The molecule has 358 valence electrons. The average Bonchev–Trinajstić information content (AvgIpc) is 3.26. The highest BCUT2D eigenvalue weighted by Gasteiger charge is 2.18. The van der Waals surface area contributed by atoms with Gasteiger partial charge < -0.3 is 15.5 Å². The molecule has 0 spiro atoms. The number of aliphatic hydroxyl groups excluding tert-OH is 2. The Morgan fingerprint density at radius 3 is 1.05 bits per heavy atom. The maximum atomic E-state index is 12.5. The molecule has 0 aliphatic heterocycles. The van der Waals surface area contributed by atoms with Gasteiger partial charge >= 0.3 is 0 Å². The number of aliphatic hydroxyl groups is 2. The standard InChI is InChI=1S/C57H107NO3/c1-3-5-7-9-11-13-15-17-19-21-23-25-26-27-28-29-30-31-32-33-35-37-39-41-43-45-47-49-51-53-57(61)58-55(54-59)56(60)52-50-48-46-44-42-40-38-36-34-24-22-20-18-16-14-12-10-8-6-4-2/h23,25,27-28,42,44,50,52,55-56,59-60H,3-22,24,26,29-41,43,45-49,51,53-54H2,1-2H3,(H,58,61)/b25-23-,28-27-,44-42+,52-50+. The van der Waals surface area contributed by atoms with Gasteiger partial charge in [0.25, 0.3) is 0 Å². The highest BCUT2D eigenvalue weighted by atomic mass is 16.3. The zero-order chi connectivity index (χ0) is 44.2. The van der Waals surface area contributed by atoms with E-state index in [2.05, 4.69) is 55.6 Å². The fourth-order valence-corrected chi connectivity index (χ4v) is 8.34. The van der Waals surface area contributed by atoms with Crippen LogP contribution in [-0.2, 0) is 4.79 Å². The molecule has 0 aromatic heterocycles. The third-order valence-corrected chi connectivity index (χ3v) is 12.5. The Labute approximate surface area is 382 Å². The molecule has 2 unspecified atom stereocenters. The minimum absolute atomic E-state index is 0.0724. The first kappa shape index (κ1) is 59.4. The van der Waals surface area contributed by atoms with Crippen molar-refractivity contribution in [3.05, 3.63) is 48.6 Å². The van der Waals surface area contributed by atoms with E-state index >= 15 is 0 Å². The summed E-state index contributed by atoms with van der Waals surface area (Å²) in [5.41, 5.74) is 0. The number of unbranched alkanes of at least 4 members (excludes halogenated alkanes) is 37. The molecule has 0 aromatic rings. The summed E-state index contributed by atoms with van der Waals surface area (Å²) in [5.74, 6) is -0.0724. The largest absolute Gasteiger partial charge is 0.394 e. The van der Waals surface area contributed by atoms with Crippen LogP contribution in [0, 0.1) is 0 Å². The second kappa shape index (κ2) is 52.7. The Kier molecular flexibility index (Phi) is 51.3. The van der Waals surface area contributed by atoms with Crippen LogP contribution in [0.2, 0.25) is 0 Å². The number of carbonyl (C=O) groups is 1. The molecule has 0 saturated heterocycles. The highest BCUT2D eigenvalue weighted by molar-refractivity contribution is 5.76. The number of allylic oxidation sites excluding steroid dienone is 7. The maximum Gasteiger partial charge on any atom is 0.220 e. The summed E-state index contributed by atoms with van der Waals surface area (Å²) in [6, 6.07) is -0.640. The van der Waals surface area contributed by atoms with Crippen LogP contribution < -0.4 is 5.32 Å². The topological polar surface area (TPSA) is 69.6 Å². The third-order valence-electron chi connectivity index (χ3n) is 12.5. The fourth-order valence-electron chi connectivity index (χ4n) is 8.34. The van der Waals surface area contributed by atoms with Crippen molar-refractivity contribution in [1.29, 1.82) is 0 Å². The van der Waals surface area contributed by atoms with Crippen LogP contribution in [0.3, 0.4) is 0 Å². The lowest BCUT2D eigenvalue weighted by atomic mass is 10.0. The predicted molar refractivity (Wildman–Crippen MR) is 271 cm³/mol. The van der Waals surface area contributed by atoms with Gasteiger partial charge in [-0.1, -0.05) is 268 Å². The highest BCUT2D eigenvalue weighted by Crippen LogP contribution is 2.16. The van der Waals surface area contributed by atoms with E-state index in [9.17, 15) is 15.0 Å². The number of hydrogen-bond donors (Lipinski definition) is 3. The fraction of sp³-hybridized carbons (Fsp3) is 0.842. The summed E-state index contributed by atoms with van der Waals surface area (Å²) in [6.45, 7) is 4.32. The molecule has 0 saturated carbocycles. The molecule has 0 aliphatic rings. The quantitative estimate of drug-likeness (QED) is 0.0422. The van der Waals surface area contributed by atoms with Crippen molar-refractivity contribution in [2.75, 3.05) is 6.61 Å². The van der Waals surface area contributed by atoms with Gasteiger partial charge in [-0.05, 0) is 64.2 Å². The van der Waals surface area contributed by atoms with Crippen molar-refractivity contribution in [1.82, 2.24) is 5.32 Å². The van der Waals surface area contributed by atoms with Crippen LogP contribution in [-0.4, -0.2) is 34.9 Å². The van der Waals surface area contributed by atoms with Crippen LogP contribution >= 0.6 is 0 Å². The number of hydrogen-bond acceptors (Lipinski definition) is 3. The lowest BCUT2D eigenvalue weighted by Crippen LogP contribution is -2.45. The first-order valence-corrected chi connectivity index (χ1v) is 27.4. The van der Waals surface area contributed by atoms with Crippen molar-refractivity contribution < 1.29 is 15.0 Å².